The molecular formula is C10H6INO2. The molecule has 0 aromatic heterocycles. The second-order valence-electron chi connectivity index (χ2n) is 2.95. The Hall–Kier alpha value is -1.17. The predicted octanol–water partition coefficient (Wildman–Crippen LogP) is 1.57. The number of carbonyl (C=O) groups is 2. The highest BCUT2D eigenvalue weighted by Gasteiger charge is 2.25. The van der Waals surface area contributed by atoms with E-state index in [0.29, 0.717) is 16.7 Å². The van der Waals surface area contributed by atoms with Crippen molar-refractivity contribution in [2.24, 2.45) is 0 Å². The molecule has 1 aliphatic heterocycles. The Balaban J connectivity index is 2.68. The Morgan fingerprint density at radius 2 is 1.86 bits per heavy atom. The first-order chi connectivity index (χ1) is 6.59. The van der Waals surface area contributed by atoms with E-state index in [2.05, 4.69) is 34.5 Å². The van der Waals surface area contributed by atoms with Gasteiger partial charge >= 0.3 is 0 Å². The van der Waals surface area contributed by atoms with E-state index >= 15 is 0 Å². The maximum absolute atomic E-state index is 11.4. The molecule has 2 amide bonds. The summed E-state index contributed by atoms with van der Waals surface area (Å²) in [5, 5.41) is 2.22. The smallest absolute Gasteiger partial charge is 0.258 e. The van der Waals surface area contributed by atoms with Gasteiger partial charge in [-0.05, 0) is 40.8 Å². The summed E-state index contributed by atoms with van der Waals surface area (Å²) in [5.74, 6) is -0.765. The van der Waals surface area contributed by atoms with Crippen molar-refractivity contribution in [3.63, 3.8) is 0 Å². The van der Waals surface area contributed by atoms with E-state index in [1.807, 2.05) is 6.07 Å². The van der Waals surface area contributed by atoms with E-state index in [9.17, 15) is 9.59 Å². The van der Waals surface area contributed by atoms with Gasteiger partial charge in [0.15, 0.2) is 0 Å². The van der Waals surface area contributed by atoms with Gasteiger partial charge in [0, 0.05) is 20.3 Å². The van der Waals surface area contributed by atoms with E-state index in [0.717, 1.165) is 3.57 Å². The first-order valence-corrected chi connectivity index (χ1v) is 5.02. The molecule has 1 N–H and O–H groups in total. The normalized spacial score (nSPS) is 15.1. The Kier molecular flexibility index (Phi) is 2.14. The minimum Gasteiger partial charge on any atom is -0.288 e. The SMILES string of the molecule is C=C1C(=O)NC(=O)c2ccc(I)cc21. The van der Waals surface area contributed by atoms with Crippen LogP contribution in [0.25, 0.3) is 5.57 Å². The first-order valence-electron chi connectivity index (χ1n) is 3.94. The molecule has 1 aromatic carbocycles. The fourth-order valence-corrected chi connectivity index (χ4v) is 1.82. The van der Waals surface area contributed by atoms with Crippen LogP contribution in [-0.2, 0) is 4.79 Å². The first kappa shape index (κ1) is 9.39. The Morgan fingerprint density at radius 3 is 2.57 bits per heavy atom. The molecule has 1 heterocycles. The lowest BCUT2D eigenvalue weighted by atomic mass is 9.96. The Morgan fingerprint density at radius 1 is 1.14 bits per heavy atom. The third kappa shape index (κ3) is 1.35. The number of carbonyl (C=O) groups excluding carboxylic acids is 2. The number of amides is 2. The third-order valence-electron chi connectivity index (χ3n) is 2.05. The predicted molar refractivity (Wildman–Crippen MR) is 60.7 cm³/mol. The van der Waals surface area contributed by atoms with Crippen molar-refractivity contribution < 1.29 is 9.59 Å². The van der Waals surface area contributed by atoms with Crippen molar-refractivity contribution >= 4 is 40.0 Å². The van der Waals surface area contributed by atoms with Crippen molar-refractivity contribution in [2.75, 3.05) is 0 Å². The molecule has 0 aliphatic carbocycles. The minimum absolute atomic E-state index is 0.345. The molecule has 1 aliphatic rings. The van der Waals surface area contributed by atoms with Gasteiger partial charge in [-0.3, -0.25) is 14.9 Å². The Bertz CT molecular complexity index is 465. The lowest BCUT2D eigenvalue weighted by Gasteiger charge is -2.17. The molecule has 0 bridgehead atoms. The van der Waals surface area contributed by atoms with Crippen LogP contribution in [0.2, 0.25) is 0 Å². The molecular weight excluding hydrogens is 293 g/mol. The quantitative estimate of drug-likeness (QED) is 0.449. The van der Waals surface area contributed by atoms with Crippen LogP contribution in [-0.4, -0.2) is 11.8 Å². The molecule has 3 nitrogen and oxygen atoms in total. The molecule has 70 valence electrons. The van der Waals surface area contributed by atoms with Crippen molar-refractivity contribution in [3.05, 3.63) is 39.5 Å². The maximum Gasteiger partial charge on any atom is 0.258 e. The van der Waals surface area contributed by atoms with Crippen LogP contribution in [0.4, 0.5) is 0 Å². The average Bonchev–Trinajstić information content (AvgIpc) is 2.14. The Labute approximate surface area is 94.3 Å². The minimum atomic E-state index is -0.412. The summed E-state index contributed by atoms with van der Waals surface area (Å²) in [5.41, 5.74) is 1.48. The van der Waals surface area contributed by atoms with Crippen molar-refractivity contribution in [3.8, 4) is 0 Å². The molecule has 2 rings (SSSR count). The molecule has 0 saturated heterocycles. The lowest BCUT2D eigenvalue weighted by Crippen LogP contribution is -2.36. The number of hydrogen-bond acceptors (Lipinski definition) is 2. The van der Waals surface area contributed by atoms with Crippen LogP contribution in [0.5, 0.6) is 0 Å². The second kappa shape index (κ2) is 3.20. The van der Waals surface area contributed by atoms with Gasteiger partial charge in [-0.15, -0.1) is 0 Å². The zero-order valence-corrected chi connectivity index (χ0v) is 9.29. The zero-order chi connectivity index (χ0) is 10.3. The standard InChI is InChI=1S/C10H6INO2/c1-5-8-4-6(11)2-3-7(8)10(14)12-9(5)13/h2-4H,1H2,(H,12,13,14). The van der Waals surface area contributed by atoms with Crippen molar-refractivity contribution in [1.82, 2.24) is 5.32 Å². The summed E-state index contributed by atoms with van der Waals surface area (Å²) in [4.78, 5) is 22.6. The molecule has 14 heavy (non-hydrogen) atoms. The van der Waals surface area contributed by atoms with Gasteiger partial charge in [0.05, 0.1) is 0 Å². The summed E-state index contributed by atoms with van der Waals surface area (Å²) in [6.07, 6.45) is 0. The second-order valence-corrected chi connectivity index (χ2v) is 4.20. The van der Waals surface area contributed by atoms with Gasteiger partial charge in [0.2, 0.25) is 0 Å². The van der Waals surface area contributed by atoms with Crippen LogP contribution in [0.3, 0.4) is 0 Å². The molecule has 1 aromatic rings. The van der Waals surface area contributed by atoms with Gasteiger partial charge in [0.25, 0.3) is 11.8 Å². The molecule has 0 radical (unpaired) electrons. The van der Waals surface area contributed by atoms with Gasteiger partial charge in [-0.1, -0.05) is 6.58 Å². The van der Waals surface area contributed by atoms with Crippen LogP contribution in [0, 0.1) is 3.57 Å². The van der Waals surface area contributed by atoms with Crippen molar-refractivity contribution in [1.29, 1.82) is 0 Å². The van der Waals surface area contributed by atoms with E-state index in [4.69, 9.17) is 0 Å². The van der Waals surface area contributed by atoms with E-state index in [1.54, 1.807) is 12.1 Å². The number of fused-ring (bicyclic) bond motifs is 1. The van der Waals surface area contributed by atoms with E-state index in [-0.39, 0.29) is 5.91 Å². The highest BCUT2D eigenvalue weighted by Crippen LogP contribution is 2.24. The molecule has 4 heteroatoms. The van der Waals surface area contributed by atoms with Crippen LogP contribution < -0.4 is 5.32 Å². The highest BCUT2D eigenvalue weighted by atomic mass is 127. The van der Waals surface area contributed by atoms with Gasteiger partial charge in [-0.25, -0.2) is 0 Å². The van der Waals surface area contributed by atoms with Crippen LogP contribution in [0.15, 0.2) is 24.8 Å². The van der Waals surface area contributed by atoms with E-state index in [1.165, 1.54) is 0 Å². The average molecular weight is 299 g/mol. The third-order valence-corrected chi connectivity index (χ3v) is 2.72. The molecule has 0 fully saturated rings. The topological polar surface area (TPSA) is 46.2 Å². The number of halogens is 1. The number of benzene rings is 1. The van der Waals surface area contributed by atoms with E-state index < -0.39 is 5.91 Å². The van der Waals surface area contributed by atoms with Crippen molar-refractivity contribution in [2.45, 2.75) is 0 Å². The monoisotopic (exact) mass is 299 g/mol. The number of imide groups is 1. The fraction of sp³-hybridized carbons (Fsp3) is 0. The van der Waals surface area contributed by atoms with Gasteiger partial charge < -0.3 is 0 Å². The van der Waals surface area contributed by atoms with Gasteiger partial charge in [0.1, 0.15) is 0 Å². The summed E-state index contributed by atoms with van der Waals surface area (Å²) < 4.78 is 0.977. The van der Waals surface area contributed by atoms with Crippen LogP contribution in [0.1, 0.15) is 15.9 Å². The fourth-order valence-electron chi connectivity index (χ4n) is 1.33. The summed E-state index contributed by atoms with van der Waals surface area (Å²) in [6, 6.07) is 5.31. The number of hydrogen-bond donors (Lipinski definition) is 1. The van der Waals surface area contributed by atoms with Crippen LogP contribution >= 0.6 is 22.6 Å². The lowest BCUT2D eigenvalue weighted by molar-refractivity contribution is -0.114. The largest absolute Gasteiger partial charge is 0.288 e. The zero-order valence-electron chi connectivity index (χ0n) is 7.13. The molecule has 0 spiro atoms. The van der Waals surface area contributed by atoms with Gasteiger partial charge in [-0.2, -0.15) is 0 Å². The summed E-state index contributed by atoms with van der Waals surface area (Å²) in [6.45, 7) is 3.64. The number of nitrogens with one attached hydrogen (secondary N) is 1. The highest BCUT2D eigenvalue weighted by molar-refractivity contribution is 14.1. The molecule has 0 unspecified atom stereocenters. The summed E-state index contributed by atoms with van der Waals surface area (Å²) in [7, 11) is 0. The maximum atomic E-state index is 11.4. The summed E-state index contributed by atoms with van der Waals surface area (Å²) >= 11 is 2.13. The number of rotatable bonds is 0. The molecule has 0 atom stereocenters. The molecule has 0 saturated carbocycles.